The second-order valence-corrected chi connectivity index (χ2v) is 6.75. The van der Waals surface area contributed by atoms with Gasteiger partial charge in [-0.3, -0.25) is 19.1 Å². The van der Waals surface area contributed by atoms with Crippen LogP contribution in [-0.4, -0.2) is 15.1 Å². The molecule has 0 radical (unpaired) electrons. The molecule has 0 bridgehead atoms. The fraction of sp³-hybridized carbons (Fsp3) is 0.278. The molecule has 0 N–H and O–H groups in total. The monoisotopic (exact) mass is 342 g/mol. The lowest BCUT2D eigenvalue weighted by Gasteiger charge is -2.09. The smallest absolute Gasteiger partial charge is 0.279 e. The highest BCUT2D eigenvalue weighted by Crippen LogP contribution is 2.28. The van der Waals surface area contributed by atoms with E-state index in [1.165, 1.54) is 16.4 Å². The standard InChI is InChI=1S/C18H18N2O3S/c1-4-10-24-17-14(15(21)16(17)22)13-11(2)19(3)20(18(13)23)12-8-6-5-7-9-12/h5-9H,4,10H2,1-3H3. The van der Waals surface area contributed by atoms with Gasteiger partial charge in [-0.25, -0.2) is 4.68 Å². The lowest BCUT2D eigenvalue weighted by atomic mass is 10.0. The van der Waals surface area contributed by atoms with Crippen LogP contribution in [0.3, 0.4) is 0 Å². The fourth-order valence-corrected chi connectivity index (χ4v) is 3.77. The predicted octanol–water partition coefficient (Wildman–Crippen LogP) is 2.25. The maximum absolute atomic E-state index is 13.0. The van der Waals surface area contributed by atoms with Crippen molar-refractivity contribution in [2.75, 3.05) is 5.75 Å². The van der Waals surface area contributed by atoms with Gasteiger partial charge in [-0.1, -0.05) is 25.1 Å². The second-order valence-electron chi connectivity index (χ2n) is 5.65. The number of nitrogens with zero attached hydrogens (tertiary/aromatic N) is 2. The third-order valence-electron chi connectivity index (χ3n) is 4.12. The molecule has 0 aliphatic carbocycles. The number of benzene rings is 1. The highest BCUT2D eigenvalue weighted by molar-refractivity contribution is 7.99. The molecule has 0 saturated heterocycles. The summed E-state index contributed by atoms with van der Waals surface area (Å²) in [6, 6.07) is 9.24. The molecular weight excluding hydrogens is 324 g/mol. The Hall–Kier alpha value is -2.34. The third kappa shape index (κ3) is 2.38. The minimum Gasteiger partial charge on any atom is -0.285 e. The first-order chi connectivity index (χ1) is 11.5. The number of hydrogen-bond acceptors (Lipinski definition) is 4. The van der Waals surface area contributed by atoms with Gasteiger partial charge in [0.25, 0.3) is 5.56 Å². The predicted molar refractivity (Wildman–Crippen MR) is 97.1 cm³/mol. The Balaban J connectivity index is 2.22. The topological polar surface area (TPSA) is 61.1 Å². The van der Waals surface area contributed by atoms with E-state index >= 15 is 0 Å². The molecule has 5 nitrogen and oxygen atoms in total. The van der Waals surface area contributed by atoms with Crippen LogP contribution in [0.2, 0.25) is 0 Å². The van der Waals surface area contributed by atoms with Gasteiger partial charge in [0.1, 0.15) is 0 Å². The SMILES string of the molecule is CCCSc1c(-c2c(C)n(C)n(-c3ccccc3)c2=O)c(=O)c1=O. The van der Waals surface area contributed by atoms with Gasteiger partial charge in [0.2, 0.25) is 10.9 Å². The molecule has 6 heteroatoms. The summed E-state index contributed by atoms with van der Waals surface area (Å²) in [5.41, 5.74) is 0.717. The van der Waals surface area contributed by atoms with Crippen molar-refractivity contribution in [2.24, 2.45) is 7.05 Å². The van der Waals surface area contributed by atoms with Crippen molar-refractivity contribution in [3.63, 3.8) is 0 Å². The summed E-state index contributed by atoms with van der Waals surface area (Å²) >= 11 is 1.36. The Labute approximate surface area is 143 Å². The van der Waals surface area contributed by atoms with Gasteiger partial charge in [-0.15, -0.1) is 11.8 Å². The first-order valence-electron chi connectivity index (χ1n) is 7.79. The zero-order valence-electron chi connectivity index (χ0n) is 13.8. The van der Waals surface area contributed by atoms with Gasteiger partial charge in [0.05, 0.1) is 21.7 Å². The molecule has 0 saturated carbocycles. The van der Waals surface area contributed by atoms with Crippen molar-refractivity contribution in [1.29, 1.82) is 0 Å². The zero-order valence-corrected chi connectivity index (χ0v) is 14.6. The van der Waals surface area contributed by atoms with E-state index in [0.29, 0.717) is 16.2 Å². The number of thioether (sulfide) groups is 1. The average molecular weight is 342 g/mol. The molecule has 0 spiro atoms. The Morgan fingerprint density at radius 1 is 1.00 bits per heavy atom. The molecule has 124 valence electrons. The molecule has 0 unspecified atom stereocenters. The molecule has 3 aromatic rings. The fourth-order valence-electron chi connectivity index (χ4n) is 2.80. The van der Waals surface area contributed by atoms with Crippen molar-refractivity contribution in [1.82, 2.24) is 9.36 Å². The van der Waals surface area contributed by atoms with Crippen LogP contribution in [0.25, 0.3) is 16.8 Å². The molecule has 0 aliphatic heterocycles. The van der Waals surface area contributed by atoms with E-state index in [1.54, 1.807) is 18.7 Å². The quantitative estimate of drug-likeness (QED) is 0.527. The maximum atomic E-state index is 13.0. The maximum Gasteiger partial charge on any atom is 0.279 e. The van der Waals surface area contributed by atoms with Gasteiger partial charge in [0.15, 0.2) is 0 Å². The van der Waals surface area contributed by atoms with Crippen LogP contribution in [0.1, 0.15) is 19.0 Å². The Bertz CT molecular complexity index is 1020. The Morgan fingerprint density at radius 2 is 1.67 bits per heavy atom. The summed E-state index contributed by atoms with van der Waals surface area (Å²) in [6.07, 6.45) is 0.894. The van der Waals surface area contributed by atoms with Crippen molar-refractivity contribution in [3.05, 3.63) is 66.8 Å². The van der Waals surface area contributed by atoms with Crippen molar-refractivity contribution in [3.8, 4) is 16.8 Å². The summed E-state index contributed by atoms with van der Waals surface area (Å²) in [7, 11) is 1.78. The first-order valence-corrected chi connectivity index (χ1v) is 8.78. The molecule has 0 fully saturated rings. The molecule has 0 amide bonds. The number of hydrogen-bond donors (Lipinski definition) is 0. The summed E-state index contributed by atoms with van der Waals surface area (Å²) in [6.45, 7) is 3.80. The largest absolute Gasteiger partial charge is 0.285 e. The minimum atomic E-state index is -0.556. The van der Waals surface area contributed by atoms with Crippen molar-refractivity contribution in [2.45, 2.75) is 25.2 Å². The molecule has 0 aliphatic rings. The summed E-state index contributed by atoms with van der Waals surface area (Å²) in [4.78, 5) is 37.4. The van der Waals surface area contributed by atoms with Crippen molar-refractivity contribution >= 4 is 11.8 Å². The van der Waals surface area contributed by atoms with Crippen LogP contribution < -0.4 is 16.4 Å². The van der Waals surface area contributed by atoms with Gasteiger partial charge in [0, 0.05) is 12.7 Å². The number of para-hydroxylation sites is 1. The highest BCUT2D eigenvalue weighted by atomic mass is 32.2. The zero-order chi connectivity index (χ0) is 17.4. The summed E-state index contributed by atoms with van der Waals surface area (Å²) in [5, 5.41) is 0. The number of rotatable bonds is 5. The molecular formula is C18H18N2O3S. The molecule has 1 heterocycles. The molecule has 3 rings (SSSR count). The van der Waals surface area contributed by atoms with E-state index in [-0.39, 0.29) is 11.1 Å². The van der Waals surface area contributed by atoms with Gasteiger partial charge in [-0.2, -0.15) is 0 Å². The third-order valence-corrected chi connectivity index (χ3v) is 5.41. The summed E-state index contributed by atoms with van der Waals surface area (Å²) in [5.74, 6) is 0.747. The molecule has 24 heavy (non-hydrogen) atoms. The van der Waals surface area contributed by atoms with E-state index in [0.717, 1.165) is 17.9 Å². The van der Waals surface area contributed by atoms with Crippen molar-refractivity contribution < 1.29 is 0 Å². The van der Waals surface area contributed by atoms with Gasteiger partial charge >= 0.3 is 0 Å². The lowest BCUT2D eigenvalue weighted by molar-refractivity contribution is 0.630. The Kier molecular flexibility index (Phi) is 4.32. The molecule has 1 aromatic heterocycles. The Morgan fingerprint density at radius 3 is 2.29 bits per heavy atom. The van der Waals surface area contributed by atoms with E-state index in [1.807, 2.05) is 37.3 Å². The molecule has 2 aromatic carbocycles. The van der Waals surface area contributed by atoms with Crippen LogP contribution in [-0.2, 0) is 7.05 Å². The highest BCUT2D eigenvalue weighted by Gasteiger charge is 2.29. The van der Waals surface area contributed by atoms with E-state index in [2.05, 4.69) is 0 Å². The normalized spacial score (nSPS) is 11.3. The van der Waals surface area contributed by atoms with Crippen LogP contribution in [0.5, 0.6) is 0 Å². The lowest BCUT2D eigenvalue weighted by Crippen LogP contribution is -2.36. The van der Waals surface area contributed by atoms with Gasteiger partial charge in [-0.05, 0) is 31.2 Å². The van der Waals surface area contributed by atoms with E-state index in [9.17, 15) is 14.4 Å². The van der Waals surface area contributed by atoms with Crippen LogP contribution in [0, 0.1) is 6.92 Å². The van der Waals surface area contributed by atoms with Crippen LogP contribution >= 0.6 is 11.8 Å². The number of aromatic nitrogens is 2. The average Bonchev–Trinajstić information content (AvgIpc) is 2.81. The van der Waals surface area contributed by atoms with Crippen LogP contribution in [0.15, 0.2) is 49.6 Å². The van der Waals surface area contributed by atoms with Crippen LogP contribution in [0.4, 0.5) is 0 Å². The second kappa shape index (κ2) is 6.28. The summed E-state index contributed by atoms with van der Waals surface area (Å²) < 4.78 is 3.24. The molecule has 0 atom stereocenters. The first kappa shape index (κ1) is 16.5. The van der Waals surface area contributed by atoms with Gasteiger partial charge < -0.3 is 0 Å². The minimum absolute atomic E-state index is 0.272. The van der Waals surface area contributed by atoms with E-state index < -0.39 is 10.9 Å². The van der Waals surface area contributed by atoms with E-state index in [4.69, 9.17) is 0 Å².